The van der Waals surface area contributed by atoms with E-state index in [9.17, 15) is 15.0 Å². The SMILES string of the molecule is Cc1ccc(C(=O)N(CCO)c2ccccc2N)c(O)c1. The highest BCUT2D eigenvalue weighted by Crippen LogP contribution is 2.27. The van der Waals surface area contributed by atoms with Crippen LogP contribution in [0.2, 0.25) is 0 Å². The van der Waals surface area contributed by atoms with Gasteiger partial charge in [0.05, 0.1) is 23.5 Å². The van der Waals surface area contributed by atoms with Gasteiger partial charge in [0, 0.05) is 6.54 Å². The second kappa shape index (κ2) is 6.28. The molecule has 2 aromatic carbocycles. The van der Waals surface area contributed by atoms with Crippen LogP contribution in [0.4, 0.5) is 11.4 Å². The summed E-state index contributed by atoms with van der Waals surface area (Å²) in [6.07, 6.45) is 0. The van der Waals surface area contributed by atoms with Gasteiger partial charge in [0.15, 0.2) is 0 Å². The van der Waals surface area contributed by atoms with E-state index in [1.54, 1.807) is 36.4 Å². The predicted molar refractivity (Wildman–Crippen MR) is 82.5 cm³/mol. The summed E-state index contributed by atoms with van der Waals surface area (Å²) in [6.45, 7) is 1.72. The minimum atomic E-state index is -0.403. The van der Waals surface area contributed by atoms with Crippen molar-refractivity contribution in [3.63, 3.8) is 0 Å². The van der Waals surface area contributed by atoms with E-state index in [1.807, 2.05) is 6.92 Å². The zero-order valence-electron chi connectivity index (χ0n) is 11.8. The number of hydrogen-bond acceptors (Lipinski definition) is 4. The van der Waals surface area contributed by atoms with E-state index in [1.165, 1.54) is 11.0 Å². The average molecular weight is 286 g/mol. The molecule has 0 aliphatic heterocycles. The summed E-state index contributed by atoms with van der Waals surface area (Å²) < 4.78 is 0. The monoisotopic (exact) mass is 286 g/mol. The fourth-order valence-corrected chi connectivity index (χ4v) is 2.13. The molecule has 0 aliphatic rings. The lowest BCUT2D eigenvalue weighted by molar-refractivity contribution is 0.0978. The first-order valence-corrected chi connectivity index (χ1v) is 6.61. The number of phenols is 1. The van der Waals surface area contributed by atoms with Crippen LogP contribution in [-0.4, -0.2) is 29.3 Å². The first kappa shape index (κ1) is 14.9. The molecule has 0 heterocycles. The fraction of sp³-hybridized carbons (Fsp3) is 0.188. The molecule has 0 spiro atoms. The fourth-order valence-electron chi connectivity index (χ4n) is 2.13. The van der Waals surface area contributed by atoms with Gasteiger partial charge in [-0.1, -0.05) is 18.2 Å². The maximum absolute atomic E-state index is 12.6. The number of hydrogen-bond donors (Lipinski definition) is 3. The van der Waals surface area contributed by atoms with Crippen LogP contribution >= 0.6 is 0 Å². The third-order valence-corrected chi connectivity index (χ3v) is 3.18. The molecule has 0 saturated carbocycles. The number of rotatable bonds is 4. The van der Waals surface area contributed by atoms with Crippen molar-refractivity contribution in [3.05, 3.63) is 53.6 Å². The molecule has 4 N–H and O–H groups in total. The third-order valence-electron chi connectivity index (χ3n) is 3.18. The van der Waals surface area contributed by atoms with Crippen LogP contribution in [0.25, 0.3) is 0 Å². The van der Waals surface area contributed by atoms with Gasteiger partial charge in [0.2, 0.25) is 0 Å². The number of aryl methyl sites for hydroxylation is 1. The molecule has 1 amide bonds. The molecule has 0 saturated heterocycles. The van der Waals surface area contributed by atoms with Crippen LogP contribution in [0.5, 0.6) is 5.75 Å². The van der Waals surface area contributed by atoms with Crippen molar-refractivity contribution in [1.29, 1.82) is 0 Å². The standard InChI is InChI=1S/C16H18N2O3/c1-11-6-7-12(15(20)10-11)16(21)18(8-9-19)14-5-3-2-4-13(14)17/h2-7,10,19-20H,8-9,17H2,1H3. The maximum atomic E-state index is 12.6. The summed E-state index contributed by atoms with van der Waals surface area (Å²) >= 11 is 0. The van der Waals surface area contributed by atoms with Gasteiger partial charge in [-0.25, -0.2) is 0 Å². The number of aliphatic hydroxyl groups excluding tert-OH is 1. The second-order valence-electron chi connectivity index (χ2n) is 4.76. The van der Waals surface area contributed by atoms with E-state index >= 15 is 0 Å². The third kappa shape index (κ3) is 3.14. The Bertz CT molecular complexity index is 656. The Morgan fingerprint density at radius 3 is 2.57 bits per heavy atom. The molecule has 0 unspecified atom stereocenters. The highest BCUT2D eigenvalue weighted by Gasteiger charge is 2.21. The van der Waals surface area contributed by atoms with Crippen molar-refractivity contribution >= 4 is 17.3 Å². The van der Waals surface area contributed by atoms with Crippen LogP contribution in [0.3, 0.4) is 0 Å². The van der Waals surface area contributed by atoms with Crippen molar-refractivity contribution in [3.8, 4) is 5.75 Å². The normalized spacial score (nSPS) is 10.4. The van der Waals surface area contributed by atoms with E-state index in [4.69, 9.17) is 5.73 Å². The zero-order chi connectivity index (χ0) is 15.4. The molecule has 0 radical (unpaired) electrons. The largest absolute Gasteiger partial charge is 0.507 e. The number of carbonyl (C=O) groups is 1. The summed E-state index contributed by atoms with van der Waals surface area (Å²) in [5.41, 5.74) is 7.87. The highest BCUT2D eigenvalue weighted by molar-refractivity contribution is 6.09. The summed E-state index contributed by atoms with van der Waals surface area (Å²) in [6, 6.07) is 11.8. The van der Waals surface area contributed by atoms with Gasteiger partial charge in [-0.05, 0) is 36.8 Å². The van der Waals surface area contributed by atoms with Crippen molar-refractivity contribution < 1.29 is 15.0 Å². The van der Waals surface area contributed by atoms with E-state index in [2.05, 4.69) is 0 Å². The van der Waals surface area contributed by atoms with Gasteiger partial charge >= 0.3 is 0 Å². The van der Waals surface area contributed by atoms with E-state index < -0.39 is 5.91 Å². The Kier molecular flexibility index (Phi) is 4.45. The number of para-hydroxylation sites is 2. The number of nitrogens with two attached hydrogens (primary N) is 1. The van der Waals surface area contributed by atoms with Crippen LogP contribution in [0, 0.1) is 6.92 Å². The van der Waals surface area contributed by atoms with Crippen LogP contribution in [0.1, 0.15) is 15.9 Å². The predicted octanol–water partition coefficient (Wildman–Crippen LogP) is 1.92. The lowest BCUT2D eigenvalue weighted by Crippen LogP contribution is -2.34. The summed E-state index contributed by atoms with van der Waals surface area (Å²) in [4.78, 5) is 14.0. The number of nitrogen functional groups attached to an aromatic ring is 1. The van der Waals surface area contributed by atoms with Crippen molar-refractivity contribution in [2.45, 2.75) is 6.92 Å². The van der Waals surface area contributed by atoms with Crippen LogP contribution < -0.4 is 10.6 Å². The van der Waals surface area contributed by atoms with Gasteiger partial charge in [0.25, 0.3) is 5.91 Å². The molecule has 5 heteroatoms. The Morgan fingerprint density at radius 2 is 1.95 bits per heavy atom. The lowest BCUT2D eigenvalue weighted by atomic mass is 10.1. The Hall–Kier alpha value is -2.53. The molecule has 0 aliphatic carbocycles. The molecule has 5 nitrogen and oxygen atoms in total. The first-order chi connectivity index (χ1) is 10.0. The number of phenolic OH excluding ortho intramolecular Hbond substituents is 1. The molecule has 2 aromatic rings. The maximum Gasteiger partial charge on any atom is 0.262 e. The molecule has 21 heavy (non-hydrogen) atoms. The van der Waals surface area contributed by atoms with E-state index in [0.717, 1.165) is 5.56 Å². The van der Waals surface area contributed by atoms with Gasteiger partial charge < -0.3 is 20.8 Å². The summed E-state index contributed by atoms with van der Waals surface area (Å²) in [5, 5.41) is 19.2. The zero-order valence-corrected chi connectivity index (χ0v) is 11.8. The number of anilines is 2. The number of carbonyl (C=O) groups excluding carboxylic acids is 1. The number of aromatic hydroxyl groups is 1. The first-order valence-electron chi connectivity index (χ1n) is 6.61. The molecule has 110 valence electrons. The van der Waals surface area contributed by atoms with Crippen molar-refractivity contribution in [2.75, 3.05) is 23.8 Å². The van der Waals surface area contributed by atoms with Crippen LogP contribution in [-0.2, 0) is 0 Å². The highest BCUT2D eigenvalue weighted by atomic mass is 16.3. The second-order valence-corrected chi connectivity index (χ2v) is 4.76. The molecule has 0 bridgehead atoms. The quantitative estimate of drug-likeness (QED) is 0.749. The molecule has 2 rings (SSSR count). The molecular formula is C16H18N2O3. The number of aliphatic hydroxyl groups is 1. The minimum Gasteiger partial charge on any atom is -0.507 e. The smallest absolute Gasteiger partial charge is 0.262 e. The number of amides is 1. The number of benzene rings is 2. The lowest BCUT2D eigenvalue weighted by Gasteiger charge is -2.23. The Labute approximate surface area is 123 Å². The topological polar surface area (TPSA) is 86.8 Å². The molecule has 0 fully saturated rings. The van der Waals surface area contributed by atoms with Gasteiger partial charge in [0.1, 0.15) is 5.75 Å². The van der Waals surface area contributed by atoms with Gasteiger partial charge in [-0.15, -0.1) is 0 Å². The van der Waals surface area contributed by atoms with Gasteiger partial charge in [-0.2, -0.15) is 0 Å². The Balaban J connectivity index is 2.43. The van der Waals surface area contributed by atoms with Crippen LogP contribution in [0.15, 0.2) is 42.5 Å². The molecular weight excluding hydrogens is 268 g/mol. The summed E-state index contributed by atoms with van der Waals surface area (Å²) in [5.74, 6) is -0.489. The van der Waals surface area contributed by atoms with Gasteiger partial charge in [-0.3, -0.25) is 4.79 Å². The number of nitrogens with zero attached hydrogens (tertiary/aromatic N) is 1. The minimum absolute atomic E-state index is 0.0857. The van der Waals surface area contributed by atoms with E-state index in [-0.39, 0.29) is 24.5 Å². The van der Waals surface area contributed by atoms with Crippen molar-refractivity contribution in [2.24, 2.45) is 0 Å². The average Bonchev–Trinajstić information content (AvgIpc) is 2.45. The van der Waals surface area contributed by atoms with E-state index in [0.29, 0.717) is 11.4 Å². The van der Waals surface area contributed by atoms with Crippen molar-refractivity contribution in [1.82, 2.24) is 0 Å². The molecule has 0 aromatic heterocycles. The Morgan fingerprint density at radius 1 is 1.24 bits per heavy atom. The molecule has 0 atom stereocenters. The summed E-state index contributed by atoms with van der Waals surface area (Å²) in [7, 11) is 0.